The number of thiophene rings is 1. The lowest BCUT2D eigenvalue weighted by Crippen LogP contribution is -2.30. The topological polar surface area (TPSA) is 32.3 Å². The van der Waals surface area contributed by atoms with E-state index in [2.05, 4.69) is 16.3 Å². The van der Waals surface area contributed by atoms with Gasteiger partial charge in [0.25, 0.3) is 5.91 Å². The van der Waals surface area contributed by atoms with Crippen LogP contribution in [0.2, 0.25) is 0 Å². The zero-order valence-electron chi connectivity index (χ0n) is 11.7. The molecule has 1 saturated carbocycles. The van der Waals surface area contributed by atoms with Crippen molar-refractivity contribution in [3.8, 4) is 0 Å². The van der Waals surface area contributed by atoms with E-state index >= 15 is 0 Å². The van der Waals surface area contributed by atoms with Gasteiger partial charge in [0.2, 0.25) is 0 Å². The van der Waals surface area contributed by atoms with E-state index in [1.54, 1.807) is 11.3 Å². The van der Waals surface area contributed by atoms with Crippen molar-refractivity contribution in [2.75, 3.05) is 0 Å². The lowest BCUT2D eigenvalue weighted by molar-refractivity contribution is 0.0947. The van der Waals surface area contributed by atoms with E-state index < -0.39 is 0 Å². The van der Waals surface area contributed by atoms with Crippen LogP contribution in [0.25, 0.3) is 0 Å². The first-order chi connectivity index (χ1) is 9.13. The summed E-state index contributed by atoms with van der Waals surface area (Å²) < 4.78 is 0. The number of amides is 1. The fourth-order valence-electron chi connectivity index (χ4n) is 3.17. The first-order valence-electron chi connectivity index (χ1n) is 7.30. The van der Waals surface area contributed by atoms with E-state index in [4.69, 9.17) is 0 Å². The van der Waals surface area contributed by atoms with Gasteiger partial charge >= 0.3 is 0 Å². The maximum absolute atomic E-state index is 12.0. The van der Waals surface area contributed by atoms with Crippen molar-refractivity contribution in [1.29, 1.82) is 0 Å². The normalized spacial score (nSPS) is 20.2. The van der Waals surface area contributed by atoms with Crippen LogP contribution in [0.15, 0.2) is 6.07 Å². The van der Waals surface area contributed by atoms with E-state index in [1.165, 1.54) is 36.1 Å². The SMILES string of the molecule is CC(C)NC(=O)c1cc2c(s1)CN(C1CCCC1)C2. The second-order valence-electron chi connectivity index (χ2n) is 6.03. The fraction of sp³-hybridized carbons (Fsp3) is 0.667. The number of nitrogens with one attached hydrogen (secondary N) is 1. The predicted molar refractivity (Wildman–Crippen MR) is 78.4 cm³/mol. The Kier molecular flexibility index (Phi) is 3.63. The molecule has 1 amide bonds. The van der Waals surface area contributed by atoms with Crippen LogP contribution in [-0.4, -0.2) is 22.9 Å². The molecule has 2 heterocycles. The monoisotopic (exact) mass is 278 g/mol. The summed E-state index contributed by atoms with van der Waals surface area (Å²) in [4.78, 5) is 16.9. The van der Waals surface area contributed by atoms with Gasteiger partial charge in [-0.05, 0) is 38.3 Å². The maximum Gasteiger partial charge on any atom is 0.261 e. The van der Waals surface area contributed by atoms with Crippen LogP contribution < -0.4 is 5.32 Å². The van der Waals surface area contributed by atoms with Crippen molar-refractivity contribution < 1.29 is 4.79 Å². The van der Waals surface area contributed by atoms with Gasteiger partial charge in [0.15, 0.2) is 0 Å². The number of nitrogens with zero attached hydrogens (tertiary/aromatic N) is 1. The molecule has 19 heavy (non-hydrogen) atoms. The summed E-state index contributed by atoms with van der Waals surface area (Å²) in [6.45, 7) is 6.10. The minimum Gasteiger partial charge on any atom is -0.349 e. The van der Waals surface area contributed by atoms with Gasteiger partial charge in [-0.1, -0.05) is 12.8 Å². The highest BCUT2D eigenvalue weighted by Crippen LogP contribution is 2.35. The van der Waals surface area contributed by atoms with E-state index in [0.717, 1.165) is 24.0 Å². The largest absolute Gasteiger partial charge is 0.349 e. The molecule has 0 spiro atoms. The van der Waals surface area contributed by atoms with E-state index in [-0.39, 0.29) is 11.9 Å². The molecule has 4 heteroatoms. The number of hydrogen-bond donors (Lipinski definition) is 1. The quantitative estimate of drug-likeness (QED) is 0.921. The molecule has 0 atom stereocenters. The van der Waals surface area contributed by atoms with Crippen LogP contribution in [0.3, 0.4) is 0 Å². The predicted octanol–water partition coefficient (Wildman–Crippen LogP) is 3.14. The minimum absolute atomic E-state index is 0.0850. The Morgan fingerprint density at radius 3 is 2.74 bits per heavy atom. The third kappa shape index (κ3) is 2.70. The second-order valence-corrected chi connectivity index (χ2v) is 7.17. The molecular weight excluding hydrogens is 256 g/mol. The molecule has 1 fully saturated rings. The minimum atomic E-state index is 0.0850. The molecule has 0 bridgehead atoms. The van der Waals surface area contributed by atoms with Gasteiger partial charge < -0.3 is 5.32 Å². The molecular formula is C15H22N2OS. The van der Waals surface area contributed by atoms with Crippen LogP contribution in [-0.2, 0) is 13.1 Å². The number of fused-ring (bicyclic) bond motifs is 1. The van der Waals surface area contributed by atoms with Gasteiger partial charge in [0, 0.05) is 30.1 Å². The van der Waals surface area contributed by atoms with Crippen LogP contribution in [0.1, 0.15) is 59.6 Å². The van der Waals surface area contributed by atoms with Crippen LogP contribution in [0, 0.1) is 0 Å². The Labute approximate surface area is 119 Å². The molecule has 1 aromatic heterocycles. The first-order valence-corrected chi connectivity index (χ1v) is 8.11. The molecule has 2 aliphatic rings. The molecule has 0 saturated heterocycles. The highest BCUT2D eigenvalue weighted by molar-refractivity contribution is 7.14. The van der Waals surface area contributed by atoms with Gasteiger partial charge in [-0.2, -0.15) is 0 Å². The van der Waals surface area contributed by atoms with Gasteiger partial charge in [-0.25, -0.2) is 0 Å². The molecule has 0 aromatic carbocycles. The first kappa shape index (κ1) is 13.1. The van der Waals surface area contributed by atoms with Crippen molar-refractivity contribution in [1.82, 2.24) is 10.2 Å². The summed E-state index contributed by atoms with van der Waals surface area (Å²) >= 11 is 1.68. The van der Waals surface area contributed by atoms with Gasteiger partial charge in [0.05, 0.1) is 4.88 Å². The summed E-state index contributed by atoms with van der Waals surface area (Å²) in [6.07, 6.45) is 5.49. The Balaban J connectivity index is 1.66. The Bertz CT molecular complexity index is 451. The summed E-state index contributed by atoms with van der Waals surface area (Å²) in [7, 11) is 0. The molecule has 3 nitrogen and oxygen atoms in total. The smallest absolute Gasteiger partial charge is 0.261 e. The van der Waals surface area contributed by atoms with Crippen molar-refractivity contribution in [2.45, 2.75) is 64.7 Å². The van der Waals surface area contributed by atoms with E-state index in [0.29, 0.717) is 0 Å². The van der Waals surface area contributed by atoms with Gasteiger partial charge in [-0.3, -0.25) is 9.69 Å². The number of rotatable bonds is 3. The highest BCUT2D eigenvalue weighted by Gasteiger charge is 2.30. The Morgan fingerprint density at radius 2 is 2.11 bits per heavy atom. The fourth-order valence-corrected chi connectivity index (χ4v) is 4.27. The zero-order valence-corrected chi connectivity index (χ0v) is 12.6. The van der Waals surface area contributed by atoms with Gasteiger partial charge in [0.1, 0.15) is 0 Å². The molecule has 104 valence electrons. The lowest BCUT2D eigenvalue weighted by Gasteiger charge is -2.22. The molecule has 0 radical (unpaired) electrons. The van der Waals surface area contributed by atoms with Crippen molar-refractivity contribution in [3.63, 3.8) is 0 Å². The average molecular weight is 278 g/mol. The molecule has 3 rings (SSSR count). The maximum atomic E-state index is 12.0. The van der Waals surface area contributed by atoms with Gasteiger partial charge in [-0.15, -0.1) is 11.3 Å². The molecule has 1 N–H and O–H groups in total. The average Bonchev–Trinajstić information content (AvgIpc) is 3.02. The summed E-state index contributed by atoms with van der Waals surface area (Å²) in [6, 6.07) is 3.10. The summed E-state index contributed by atoms with van der Waals surface area (Å²) in [5, 5.41) is 2.97. The number of carbonyl (C=O) groups excluding carboxylic acids is 1. The molecule has 1 aliphatic carbocycles. The molecule has 1 aromatic rings. The van der Waals surface area contributed by atoms with Crippen LogP contribution in [0.5, 0.6) is 0 Å². The van der Waals surface area contributed by atoms with Crippen LogP contribution >= 0.6 is 11.3 Å². The highest BCUT2D eigenvalue weighted by atomic mass is 32.1. The third-order valence-corrected chi connectivity index (χ3v) is 5.26. The third-order valence-electron chi connectivity index (χ3n) is 4.10. The lowest BCUT2D eigenvalue weighted by atomic mass is 10.2. The summed E-state index contributed by atoms with van der Waals surface area (Å²) in [5.74, 6) is 0.0850. The number of carbonyl (C=O) groups is 1. The van der Waals surface area contributed by atoms with Crippen LogP contribution in [0.4, 0.5) is 0 Å². The second kappa shape index (κ2) is 5.25. The van der Waals surface area contributed by atoms with Crippen molar-refractivity contribution in [2.24, 2.45) is 0 Å². The van der Waals surface area contributed by atoms with Crippen molar-refractivity contribution in [3.05, 3.63) is 21.4 Å². The van der Waals surface area contributed by atoms with E-state index in [1.807, 2.05) is 13.8 Å². The summed E-state index contributed by atoms with van der Waals surface area (Å²) in [5.41, 5.74) is 1.38. The van der Waals surface area contributed by atoms with Crippen molar-refractivity contribution >= 4 is 17.2 Å². The standard InChI is InChI=1S/C15H22N2OS/c1-10(2)16-15(18)13-7-11-8-17(9-14(11)19-13)12-5-3-4-6-12/h7,10,12H,3-6,8-9H2,1-2H3,(H,16,18). The Hall–Kier alpha value is -0.870. The molecule has 0 unspecified atom stereocenters. The Morgan fingerprint density at radius 1 is 1.37 bits per heavy atom. The number of hydrogen-bond acceptors (Lipinski definition) is 3. The molecule has 1 aliphatic heterocycles. The van der Waals surface area contributed by atoms with E-state index in [9.17, 15) is 4.79 Å². The zero-order chi connectivity index (χ0) is 13.4.